The van der Waals surface area contributed by atoms with E-state index in [0.717, 1.165) is 25.7 Å². The number of rotatable bonds is 3. The molecule has 1 aromatic carbocycles. The summed E-state index contributed by atoms with van der Waals surface area (Å²) >= 11 is 0. The summed E-state index contributed by atoms with van der Waals surface area (Å²) in [5, 5.41) is 8.78. The van der Waals surface area contributed by atoms with Gasteiger partial charge >= 0.3 is 5.97 Å². The molecule has 5 heteroatoms. The van der Waals surface area contributed by atoms with Crippen molar-refractivity contribution < 1.29 is 18.3 Å². The van der Waals surface area contributed by atoms with E-state index in [-0.39, 0.29) is 15.7 Å². The van der Waals surface area contributed by atoms with Gasteiger partial charge in [0.25, 0.3) is 0 Å². The molecule has 1 saturated carbocycles. The van der Waals surface area contributed by atoms with Gasteiger partial charge in [-0.2, -0.15) is 0 Å². The van der Waals surface area contributed by atoms with Gasteiger partial charge < -0.3 is 5.11 Å². The first-order valence-electron chi connectivity index (χ1n) is 7.42. The molecular weight excluding hydrogens is 288 g/mol. The quantitative estimate of drug-likeness (QED) is 0.867. The fourth-order valence-corrected chi connectivity index (χ4v) is 5.17. The molecule has 0 aliphatic heterocycles. The minimum atomic E-state index is -3.46. The maximum Gasteiger partial charge on any atom is 0.335 e. The summed E-state index contributed by atoms with van der Waals surface area (Å²) in [6.07, 6.45) is 5.38. The van der Waals surface area contributed by atoms with Gasteiger partial charge in [-0.1, -0.05) is 25.7 Å². The van der Waals surface area contributed by atoms with Crippen LogP contribution in [-0.2, 0) is 9.84 Å². The average Bonchev–Trinajstić information content (AvgIpc) is 2.70. The normalized spacial score (nSPS) is 17.4. The second-order valence-electron chi connectivity index (χ2n) is 5.88. The Balaban J connectivity index is 2.50. The minimum absolute atomic E-state index is 0.0466. The lowest BCUT2D eigenvalue weighted by atomic mass is 10.1. The van der Waals surface area contributed by atoms with Crippen LogP contribution in [0.15, 0.2) is 17.0 Å². The topological polar surface area (TPSA) is 71.4 Å². The lowest BCUT2D eigenvalue weighted by Gasteiger charge is -2.18. The Morgan fingerprint density at radius 2 is 1.67 bits per heavy atom. The molecule has 0 amide bonds. The molecule has 0 heterocycles. The number of carboxylic acid groups (broad SMARTS) is 1. The second kappa shape index (κ2) is 6.18. The van der Waals surface area contributed by atoms with Crippen molar-refractivity contribution in [1.82, 2.24) is 0 Å². The van der Waals surface area contributed by atoms with Crippen LogP contribution in [0.5, 0.6) is 0 Å². The van der Waals surface area contributed by atoms with Crippen molar-refractivity contribution in [2.75, 3.05) is 0 Å². The summed E-state index contributed by atoms with van der Waals surface area (Å²) in [6.45, 7) is 3.51. The van der Waals surface area contributed by atoms with Crippen LogP contribution in [0.4, 0.5) is 0 Å². The summed E-state index contributed by atoms with van der Waals surface area (Å²) in [5.41, 5.74) is 1.43. The van der Waals surface area contributed by atoms with Crippen molar-refractivity contribution in [1.29, 1.82) is 0 Å². The van der Waals surface area contributed by atoms with Crippen LogP contribution in [0.2, 0.25) is 0 Å². The lowest BCUT2D eigenvalue weighted by molar-refractivity contribution is 0.0696. The van der Waals surface area contributed by atoms with Crippen LogP contribution in [-0.4, -0.2) is 24.7 Å². The van der Waals surface area contributed by atoms with E-state index < -0.39 is 15.8 Å². The summed E-state index contributed by atoms with van der Waals surface area (Å²) in [6, 6.07) is 2.86. The smallest absolute Gasteiger partial charge is 0.335 e. The van der Waals surface area contributed by atoms with Crippen LogP contribution in [0.25, 0.3) is 0 Å². The van der Waals surface area contributed by atoms with Crippen LogP contribution < -0.4 is 0 Å². The van der Waals surface area contributed by atoms with Gasteiger partial charge in [0.15, 0.2) is 9.84 Å². The zero-order valence-corrected chi connectivity index (χ0v) is 13.4. The van der Waals surface area contributed by atoms with Crippen LogP contribution >= 0.6 is 0 Å². The molecule has 0 unspecified atom stereocenters. The Morgan fingerprint density at radius 1 is 1.10 bits per heavy atom. The SMILES string of the molecule is Cc1cc(C(=O)O)cc(S(=O)(=O)C2CCCCCC2)c1C. The van der Waals surface area contributed by atoms with Gasteiger partial charge in [-0.15, -0.1) is 0 Å². The maximum atomic E-state index is 12.9. The molecule has 21 heavy (non-hydrogen) atoms. The lowest BCUT2D eigenvalue weighted by Crippen LogP contribution is -2.22. The number of aromatic carboxylic acids is 1. The molecule has 0 bridgehead atoms. The highest BCUT2D eigenvalue weighted by Crippen LogP contribution is 2.31. The highest BCUT2D eigenvalue weighted by Gasteiger charge is 2.30. The van der Waals surface area contributed by atoms with Crippen molar-refractivity contribution in [2.45, 2.75) is 62.5 Å². The van der Waals surface area contributed by atoms with Gasteiger partial charge in [-0.3, -0.25) is 0 Å². The molecule has 0 atom stereocenters. The van der Waals surface area contributed by atoms with Crippen LogP contribution in [0.3, 0.4) is 0 Å². The van der Waals surface area contributed by atoms with Gasteiger partial charge in [0, 0.05) is 0 Å². The predicted molar refractivity (Wildman–Crippen MR) is 81.6 cm³/mol. The van der Waals surface area contributed by atoms with E-state index >= 15 is 0 Å². The molecule has 0 radical (unpaired) electrons. The van der Waals surface area contributed by atoms with Gasteiger partial charge in [0.05, 0.1) is 15.7 Å². The van der Waals surface area contributed by atoms with E-state index in [1.165, 1.54) is 12.1 Å². The Labute approximate surface area is 126 Å². The summed E-state index contributed by atoms with van der Waals surface area (Å²) < 4.78 is 25.8. The first-order valence-corrected chi connectivity index (χ1v) is 8.97. The number of sulfone groups is 1. The molecule has 0 spiro atoms. The number of carbonyl (C=O) groups is 1. The zero-order valence-electron chi connectivity index (χ0n) is 12.6. The molecule has 4 nitrogen and oxygen atoms in total. The molecule has 1 N–H and O–H groups in total. The van der Waals surface area contributed by atoms with Crippen molar-refractivity contribution >= 4 is 15.8 Å². The summed E-state index contributed by atoms with van der Waals surface area (Å²) in [4.78, 5) is 11.4. The van der Waals surface area contributed by atoms with Gasteiger partial charge in [-0.25, -0.2) is 13.2 Å². The zero-order chi connectivity index (χ0) is 15.6. The molecule has 1 fully saturated rings. The minimum Gasteiger partial charge on any atom is -0.478 e. The highest BCUT2D eigenvalue weighted by atomic mass is 32.2. The fourth-order valence-electron chi connectivity index (χ4n) is 2.98. The predicted octanol–water partition coefficient (Wildman–Crippen LogP) is 3.50. The number of carboxylic acids is 1. The molecule has 1 aliphatic rings. The monoisotopic (exact) mass is 310 g/mol. The van der Waals surface area contributed by atoms with E-state index in [1.807, 2.05) is 0 Å². The van der Waals surface area contributed by atoms with Crippen LogP contribution in [0, 0.1) is 13.8 Å². The van der Waals surface area contributed by atoms with Crippen LogP contribution in [0.1, 0.15) is 60.0 Å². The van der Waals surface area contributed by atoms with Gasteiger partial charge in [-0.05, 0) is 49.9 Å². The molecule has 116 valence electrons. The van der Waals surface area contributed by atoms with Gasteiger partial charge in [0.2, 0.25) is 0 Å². The van der Waals surface area contributed by atoms with Crippen molar-refractivity contribution in [3.63, 3.8) is 0 Å². The molecule has 0 aromatic heterocycles. The third-order valence-electron chi connectivity index (χ3n) is 4.41. The molecule has 1 aliphatic carbocycles. The number of hydrogen-bond acceptors (Lipinski definition) is 3. The average molecular weight is 310 g/mol. The second-order valence-corrected chi connectivity index (χ2v) is 8.08. The van der Waals surface area contributed by atoms with Crippen molar-refractivity contribution in [2.24, 2.45) is 0 Å². The number of benzene rings is 1. The van der Waals surface area contributed by atoms with Gasteiger partial charge in [0.1, 0.15) is 0 Å². The summed E-state index contributed by atoms with van der Waals surface area (Å²) in [5.74, 6) is -1.09. The first kappa shape index (κ1) is 16.0. The van der Waals surface area contributed by atoms with E-state index in [1.54, 1.807) is 13.8 Å². The highest BCUT2D eigenvalue weighted by molar-refractivity contribution is 7.92. The number of hydrogen-bond donors (Lipinski definition) is 1. The Morgan fingerprint density at radius 3 is 2.19 bits per heavy atom. The van der Waals surface area contributed by atoms with E-state index in [0.29, 0.717) is 24.0 Å². The Kier molecular flexibility index (Phi) is 4.71. The van der Waals surface area contributed by atoms with E-state index in [4.69, 9.17) is 5.11 Å². The molecule has 0 saturated heterocycles. The third-order valence-corrected chi connectivity index (χ3v) is 6.80. The summed E-state index contributed by atoms with van der Waals surface area (Å²) in [7, 11) is -3.46. The third kappa shape index (κ3) is 3.28. The standard InChI is InChI=1S/C16H22O4S/c1-11-9-13(16(17)18)10-15(12(11)2)21(19,20)14-7-5-3-4-6-8-14/h9-10,14H,3-8H2,1-2H3,(H,17,18). The Hall–Kier alpha value is -1.36. The molecular formula is C16H22O4S. The Bertz CT molecular complexity index is 638. The van der Waals surface area contributed by atoms with Crippen molar-refractivity contribution in [3.8, 4) is 0 Å². The van der Waals surface area contributed by atoms with E-state index in [2.05, 4.69) is 0 Å². The molecule has 1 aromatic rings. The van der Waals surface area contributed by atoms with Crippen molar-refractivity contribution in [3.05, 3.63) is 28.8 Å². The maximum absolute atomic E-state index is 12.9. The first-order chi connectivity index (χ1) is 9.84. The fraction of sp³-hybridized carbons (Fsp3) is 0.562. The molecule has 2 rings (SSSR count). The number of aryl methyl sites for hydroxylation is 1. The largest absolute Gasteiger partial charge is 0.478 e. The van der Waals surface area contributed by atoms with E-state index in [9.17, 15) is 13.2 Å².